The number of nitrogens with one attached hydrogen (secondary N) is 1. The molecule has 5 rings (SSSR count). The van der Waals surface area contributed by atoms with Crippen molar-refractivity contribution in [3.63, 3.8) is 0 Å². The highest BCUT2D eigenvalue weighted by molar-refractivity contribution is 7.20. The van der Waals surface area contributed by atoms with Gasteiger partial charge in [0.1, 0.15) is 18.2 Å². The third-order valence-electron chi connectivity index (χ3n) is 9.26. The Bertz CT molecular complexity index is 2230. The summed E-state index contributed by atoms with van der Waals surface area (Å²) in [6.07, 6.45) is 0.821. The average Bonchev–Trinajstić information content (AvgIpc) is 3.93. The van der Waals surface area contributed by atoms with Crippen LogP contribution in [0.2, 0.25) is 0 Å². The Balaban J connectivity index is 1.08. The first kappa shape index (κ1) is 46.0. The van der Waals surface area contributed by atoms with Crippen molar-refractivity contribution in [2.45, 2.75) is 84.6 Å². The average molecular weight is 872 g/mol. The number of hydrogen-bond donors (Lipinski definition) is 1. The molecule has 3 heterocycles. The molecule has 0 fully saturated rings. The summed E-state index contributed by atoms with van der Waals surface area (Å²) >= 11 is 1.07. The number of carbonyl (C=O) groups is 7. The van der Waals surface area contributed by atoms with Crippen LogP contribution in [0.25, 0.3) is 10.1 Å². The van der Waals surface area contributed by atoms with Gasteiger partial charge in [-0.1, -0.05) is 0 Å². The zero-order valence-electron chi connectivity index (χ0n) is 34.6. The number of halogens is 2. The maximum absolute atomic E-state index is 15.9. The Morgan fingerprint density at radius 1 is 0.836 bits per heavy atom. The fourth-order valence-corrected chi connectivity index (χ4v) is 7.38. The molecule has 0 unspecified atom stereocenters. The highest BCUT2D eigenvalue weighted by Crippen LogP contribution is 2.41. The molecule has 2 aliphatic heterocycles. The lowest BCUT2D eigenvalue weighted by Gasteiger charge is -2.19. The molecule has 0 aliphatic carbocycles. The Labute approximate surface area is 354 Å². The van der Waals surface area contributed by atoms with Gasteiger partial charge < -0.3 is 38.6 Å². The zero-order valence-corrected chi connectivity index (χ0v) is 35.4. The van der Waals surface area contributed by atoms with Gasteiger partial charge in [0.25, 0.3) is 11.8 Å². The summed E-state index contributed by atoms with van der Waals surface area (Å²) < 4.78 is 64.8. The van der Waals surface area contributed by atoms with Crippen LogP contribution < -0.4 is 24.3 Å². The molecule has 0 spiro atoms. The molecule has 0 radical (unpaired) electrons. The van der Waals surface area contributed by atoms with Gasteiger partial charge in [0, 0.05) is 66.2 Å². The Morgan fingerprint density at radius 2 is 1.46 bits per heavy atom. The van der Waals surface area contributed by atoms with Gasteiger partial charge in [0.05, 0.1) is 51.7 Å². The number of hydrogen-bond acceptors (Lipinski definition) is 14. The first-order chi connectivity index (χ1) is 28.9. The van der Waals surface area contributed by atoms with Crippen molar-refractivity contribution in [1.29, 1.82) is 0 Å². The van der Waals surface area contributed by atoms with E-state index in [9.17, 15) is 33.6 Å². The normalized spacial score (nSPS) is 13.9. The van der Waals surface area contributed by atoms with Crippen LogP contribution in [0.5, 0.6) is 23.0 Å². The zero-order chi connectivity index (χ0) is 44.6. The van der Waals surface area contributed by atoms with Crippen LogP contribution >= 0.6 is 11.3 Å². The number of Topliss-reactive ketones (excluding diaryl/α,β-unsaturated/α-hetero) is 1. The number of methoxy groups -OCH3 is 2. The van der Waals surface area contributed by atoms with E-state index >= 15 is 8.78 Å². The molecule has 0 bridgehead atoms. The van der Waals surface area contributed by atoms with Crippen molar-refractivity contribution in [2.75, 3.05) is 40.5 Å². The van der Waals surface area contributed by atoms with Crippen LogP contribution in [0.4, 0.5) is 8.78 Å². The fourth-order valence-electron chi connectivity index (χ4n) is 6.32. The monoisotopic (exact) mass is 871 g/mol. The molecule has 4 amide bonds. The predicted octanol–water partition coefficient (Wildman–Crippen LogP) is 4.94. The van der Waals surface area contributed by atoms with E-state index in [0.29, 0.717) is 10.3 Å². The SMILES string of the molecule is COc1cc2c(c(F)c1OCCCOc1c(OC)cc3sc(C(=O)CCC(=O)OC(C)(C)C)cc3c1F)CN(C(=O)CCC(=O)O[C@@H](C)CNC(=O)CN1C(=O)C=CC1=O)C2. The van der Waals surface area contributed by atoms with E-state index in [4.69, 9.17) is 28.4 Å². The molecule has 1 atom stereocenters. The second kappa shape index (κ2) is 20.0. The molecule has 0 saturated carbocycles. The largest absolute Gasteiger partial charge is 0.493 e. The van der Waals surface area contributed by atoms with E-state index in [1.807, 2.05) is 0 Å². The molecular weight excluding hydrogens is 825 g/mol. The third-order valence-corrected chi connectivity index (χ3v) is 10.4. The van der Waals surface area contributed by atoms with Crippen LogP contribution in [0.15, 0.2) is 30.4 Å². The van der Waals surface area contributed by atoms with Crippen molar-refractivity contribution in [3.8, 4) is 23.0 Å². The molecule has 2 aliphatic rings. The minimum absolute atomic E-state index is 0.0570. The molecule has 2 aromatic carbocycles. The van der Waals surface area contributed by atoms with Gasteiger partial charge in [-0.05, 0) is 45.4 Å². The van der Waals surface area contributed by atoms with Gasteiger partial charge in [-0.2, -0.15) is 0 Å². The summed E-state index contributed by atoms with van der Waals surface area (Å²) in [5.74, 6) is -5.40. The van der Waals surface area contributed by atoms with E-state index < -0.39 is 65.5 Å². The lowest BCUT2D eigenvalue weighted by molar-refractivity contribution is -0.154. The van der Waals surface area contributed by atoms with Gasteiger partial charge >= 0.3 is 11.9 Å². The van der Waals surface area contributed by atoms with Crippen molar-refractivity contribution in [3.05, 3.63) is 58.0 Å². The second-order valence-electron chi connectivity index (χ2n) is 15.1. The number of ether oxygens (including phenoxy) is 6. The van der Waals surface area contributed by atoms with Crippen LogP contribution in [-0.2, 0) is 51.3 Å². The molecule has 16 nitrogen and oxygen atoms in total. The topological polar surface area (TPSA) is 193 Å². The third kappa shape index (κ3) is 11.8. The summed E-state index contributed by atoms with van der Waals surface area (Å²) in [6.45, 7) is 6.01. The number of fused-ring (bicyclic) bond motifs is 2. The molecule has 61 heavy (non-hydrogen) atoms. The number of esters is 2. The van der Waals surface area contributed by atoms with Crippen LogP contribution in [-0.4, -0.2) is 103 Å². The highest BCUT2D eigenvalue weighted by atomic mass is 32.1. The maximum Gasteiger partial charge on any atom is 0.306 e. The first-order valence-electron chi connectivity index (χ1n) is 19.3. The second-order valence-corrected chi connectivity index (χ2v) is 16.2. The lowest BCUT2D eigenvalue weighted by Crippen LogP contribution is -2.42. The van der Waals surface area contributed by atoms with Gasteiger partial charge in [-0.15, -0.1) is 11.3 Å². The standard InChI is InChI=1S/C42H47F2N3O13S/c1-23(19-45-32(49)22-47-34(51)9-10-35(47)52)59-36(53)13-11-33(50)46-20-24-16-28(55-5)40(39(44)26(24)21-46)57-14-7-15-58-41-29(56-6)18-30-25(38(41)43)17-31(61-30)27(48)8-12-37(54)60-42(2,3)4/h9-10,16-18,23H,7-8,11-15,19-22H2,1-6H3,(H,45,49)/t23-/m0/s1. The van der Waals surface area contributed by atoms with E-state index in [2.05, 4.69) is 5.32 Å². The van der Waals surface area contributed by atoms with Crippen molar-refractivity contribution in [2.24, 2.45) is 0 Å². The van der Waals surface area contributed by atoms with Crippen LogP contribution in [0.1, 0.15) is 80.6 Å². The summed E-state index contributed by atoms with van der Waals surface area (Å²) in [4.78, 5) is 88.2. The number of amides is 4. The minimum atomic E-state index is -0.769. The number of benzene rings is 2. The summed E-state index contributed by atoms with van der Waals surface area (Å²) in [5, 5.41) is 2.63. The van der Waals surface area contributed by atoms with Crippen LogP contribution in [0.3, 0.4) is 0 Å². The quantitative estimate of drug-likeness (QED) is 0.0695. The highest BCUT2D eigenvalue weighted by Gasteiger charge is 2.31. The molecule has 328 valence electrons. The number of rotatable bonds is 20. The summed E-state index contributed by atoms with van der Waals surface area (Å²) in [5.41, 5.74) is 0.0362. The molecule has 19 heteroatoms. The van der Waals surface area contributed by atoms with E-state index in [-0.39, 0.29) is 110 Å². The Hall–Kier alpha value is -6.11. The van der Waals surface area contributed by atoms with Crippen molar-refractivity contribution >= 4 is 62.8 Å². The number of imide groups is 1. The summed E-state index contributed by atoms with van der Waals surface area (Å²) in [7, 11) is 2.69. The van der Waals surface area contributed by atoms with E-state index in [0.717, 1.165) is 28.4 Å². The lowest BCUT2D eigenvalue weighted by atomic mass is 10.1. The number of nitrogens with zero attached hydrogens (tertiary/aromatic N) is 2. The Kier molecular flexibility index (Phi) is 15.0. The van der Waals surface area contributed by atoms with Gasteiger partial charge in [-0.3, -0.25) is 38.5 Å². The fraction of sp³-hybridized carbons (Fsp3) is 0.452. The van der Waals surface area contributed by atoms with E-state index in [1.54, 1.807) is 32.9 Å². The number of ketones is 1. The number of thiophene rings is 1. The predicted molar refractivity (Wildman–Crippen MR) is 214 cm³/mol. The first-order valence-corrected chi connectivity index (χ1v) is 20.2. The molecule has 3 aromatic rings. The number of carbonyl (C=O) groups excluding carboxylic acids is 7. The molecular formula is C42H47F2N3O13S. The van der Waals surface area contributed by atoms with Crippen molar-refractivity contribution < 1.29 is 70.8 Å². The van der Waals surface area contributed by atoms with Gasteiger partial charge in [0.2, 0.25) is 11.8 Å². The van der Waals surface area contributed by atoms with Crippen LogP contribution in [0, 0.1) is 11.6 Å². The van der Waals surface area contributed by atoms with Crippen molar-refractivity contribution in [1.82, 2.24) is 15.1 Å². The van der Waals surface area contributed by atoms with Gasteiger partial charge in [-0.25, -0.2) is 8.78 Å². The molecule has 1 N–H and O–H groups in total. The minimum Gasteiger partial charge on any atom is -0.493 e. The maximum atomic E-state index is 15.9. The Morgan fingerprint density at radius 3 is 2.10 bits per heavy atom. The van der Waals surface area contributed by atoms with Gasteiger partial charge in [0.15, 0.2) is 40.4 Å². The molecule has 1 aromatic heterocycles. The summed E-state index contributed by atoms with van der Waals surface area (Å²) in [6, 6.07) is 4.54. The van der Waals surface area contributed by atoms with E-state index in [1.165, 1.54) is 32.1 Å². The molecule has 0 saturated heterocycles. The smallest absolute Gasteiger partial charge is 0.306 e.